The van der Waals surface area contributed by atoms with Gasteiger partial charge < -0.3 is 30.3 Å². The Kier molecular flexibility index (Phi) is 5.91. The Hall–Kier alpha value is -0.820. The lowest BCUT2D eigenvalue weighted by Gasteiger charge is -2.24. The van der Waals surface area contributed by atoms with Crippen molar-refractivity contribution in [3.63, 3.8) is 0 Å². The monoisotopic (exact) mass is 275 g/mol. The van der Waals surface area contributed by atoms with Crippen LogP contribution in [0.15, 0.2) is 0 Å². The van der Waals surface area contributed by atoms with E-state index in [1.165, 1.54) is 0 Å². The minimum Gasteiger partial charge on any atom is -0.395 e. The molecule has 4 atom stereocenters. The van der Waals surface area contributed by atoms with Crippen LogP contribution < -0.4 is 5.73 Å². The lowest BCUT2D eigenvalue weighted by Crippen LogP contribution is -2.52. The third kappa shape index (κ3) is 5.36. The zero-order chi connectivity index (χ0) is 13.8. The van der Waals surface area contributed by atoms with E-state index in [0.717, 1.165) is 0 Å². The quantitative estimate of drug-likeness (QED) is 0.259. The molecule has 0 unspecified atom stereocenters. The lowest BCUT2D eigenvalue weighted by atomic mass is 10.0. The SMILES string of the molecule is N[C@H](CO)[C@@H](O)[C@H](O)[C@@H](O)C(=O)OS(=O)(=O)O. The maximum atomic E-state index is 10.8. The zero-order valence-electron chi connectivity index (χ0n) is 8.37. The van der Waals surface area contributed by atoms with Crippen molar-refractivity contribution in [1.82, 2.24) is 0 Å². The number of rotatable bonds is 6. The number of aliphatic hydroxyl groups excluding tert-OH is 4. The summed E-state index contributed by atoms with van der Waals surface area (Å²) in [7, 11) is -5.14. The van der Waals surface area contributed by atoms with Crippen LogP contribution in [0, 0.1) is 0 Å². The summed E-state index contributed by atoms with van der Waals surface area (Å²) in [6.07, 6.45) is -6.54. The van der Waals surface area contributed by atoms with Crippen LogP contribution in [-0.2, 0) is 19.4 Å². The average molecular weight is 275 g/mol. The average Bonchev–Trinajstić information content (AvgIpc) is 2.22. The third-order valence-corrected chi connectivity index (χ3v) is 2.13. The fraction of sp³-hybridized carbons (Fsp3) is 0.833. The molecule has 102 valence electrons. The van der Waals surface area contributed by atoms with E-state index in [0.29, 0.717) is 0 Å². The van der Waals surface area contributed by atoms with Crippen LogP contribution >= 0.6 is 0 Å². The maximum absolute atomic E-state index is 10.8. The molecule has 0 bridgehead atoms. The van der Waals surface area contributed by atoms with Crippen molar-refractivity contribution in [1.29, 1.82) is 0 Å². The highest BCUT2D eigenvalue weighted by molar-refractivity contribution is 7.81. The topological polar surface area (TPSA) is 188 Å². The van der Waals surface area contributed by atoms with Crippen molar-refractivity contribution >= 4 is 16.4 Å². The molecule has 0 rings (SSSR count). The third-order valence-electron chi connectivity index (χ3n) is 1.75. The first-order valence-electron chi connectivity index (χ1n) is 4.21. The molecule has 0 aliphatic rings. The van der Waals surface area contributed by atoms with Gasteiger partial charge in [-0.3, -0.25) is 4.55 Å². The largest absolute Gasteiger partial charge is 0.449 e. The Bertz CT molecular complexity index is 354. The van der Waals surface area contributed by atoms with E-state index >= 15 is 0 Å². The van der Waals surface area contributed by atoms with Gasteiger partial charge in [0.1, 0.15) is 12.2 Å². The fourth-order valence-electron chi connectivity index (χ4n) is 0.841. The van der Waals surface area contributed by atoms with E-state index in [1.807, 2.05) is 0 Å². The second-order valence-corrected chi connectivity index (χ2v) is 4.12. The summed E-state index contributed by atoms with van der Waals surface area (Å²) < 4.78 is 31.7. The Balaban J connectivity index is 4.59. The summed E-state index contributed by atoms with van der Waals surface area (Å²) >= 11 is 0. The first-order valence-corrected chi connectivity index (χ1v) is 5.58. The molecule has 0 amide bonds. The molecule has 17 heavy (non-hydrogen) atoms. The molecule has 0 heterocycles. The zero-order valence-corrected chi connectivity index (χ0v) is 9.19. The van der Waals surface area contributed by atoms with E-state index in [4.69, 9.17) is 20.5 Å². The van der Waals surface area contributed by atoms with Crippen LogP contribution in [0.2, 0.25) is 0 Å². The number of carbonyl (C=O) groups excluding carboxylic acids is 1. The van der Waals surface area contributed by atoms with E-state index in [9.17, 15) is 23.4 Å². The van der Waals surface area contributed by atoms with Crippen molar-refractivity contribution in [2.24, 2.45) is 5.73 Å². The van der Waals surface area contributed by atoms with Gasteiger partial charge in [0.15, 0.2) is 6.10 Å². The smallest absolute Gasteiger partial charge is 0.395 e. The van der Waals surface area contributed by atoms with Crippen LogP contribution in [0.4, 0.5) is 0 Å². The highest BCUT2D eigenvalue weighted by atomic mass is 32.3. The molecule has 0 radical (unpaired) electrons. The predicted molar refractivity (Wildman–Crippen MR) is 50.7 cm³/mol. The Morgan fingerprint density at radius 3 is 2.06 bits per heavy atom. The fourth-order valence-corrected chi connectivity index (χ4v) is 1.15. The van der Waals surface area contributed by atoms with Gasteiger partial charge in [-0.1, -0.05) is 0 Å². The van der Waals surface area contributed by atoms with Crippen molar-refractivity contribution in [2.45, 2.75) is 24.4 Å². The van der Waals surface area contributed by atoms with Crippen molar-refractivity contribution in [3.05, 3.63) is 0 Å². The first-order chi connectivity index (χ1) is 7.60. The summed E-state index contributed by atoms with van der Waals surface area (Å²) in [5.74, 6) is -1.90. The standard InChI is InChI=1S/C6H13NO9S/c7-2(1-8)3(9)4(10)5(11)6(12)16-17(13,14)15/h2-5,8-11H,1,7H2,(H,13,14,15)/t2-,3-,4+,5-/m1/s1. The Morgan fingerprint density at radius 2 is 1.71 bits per heavy atom. The Labute approximate surface area is 96.2 Å². The van der Waals surface area contributed by atoms with Gasteiger partial charge in [0, 0.05) is 0 Å². The molecule has 0 aliphatic carbocycles. The van der Waals surface area contributed by atoms with Crippen molar-refractivity contribution < 1.29 is 42.4 Å². The van der Waals surface area contributed by atoms with Gasteiger partial charge in [-0.15, -0.1) is 0 Å². The lowest BCUT2D eigenvalue weighted by molar-refractivity contribution is -0.156. The Morgan fingerprint density at radius 1 is 1.24 bits per heavy atom. The first kappa shape index (κ1) is 16.2. The van der Waals surface area contributed by atoms with Gasteiger partial charge in [0.2, 0.25) is 0 Å². The molecule has 0 aromatic carbocycles. The van der Waals surface area contributed by atoms with Gasteiger partial charge in [-0.05, 0) is 0 Å². The van der Waals surface area contributed by atoms with Gasteiger partial charge in [-0.2, -0.15) is 8.42 Å². The minimum atomic E-state index is -5.14. The molecule has 0 aliphatic heterocycles. The molecule has 10 nitrogen and oxygen atoms in total. The van der Waals surface area contributed by atoms with Crippen LogP contribution in [-0.4, -0.2) is 70.3 Å². The van der Waals surface area contributed by atoms with Gasteiger partial charge >= 0.3 is 16.4 Å². The number of nitrogens with two attached hydrogens (primary N) is 1. The van der Waals surface area contributed by atoms with Crippen LogP contribution in [0.1, 0.15) is 0 Å². The van der Waals surface area contributed by atoms with Gasteiger partial charge in [0.05, 0.1) is 12.6 Å². The number of aliphatic hydroxyl groups is 4. The maximum Gasteiger partial charge on any atom is 0.449 e. The summed E-state index contributed by atoms with van der Waals surface area (Å²) in [4.78, 5) is 10.8. The summed E-state index contributed by atoms with van der Waals surface area (Å²) in [5.41, 5.74) is 5.09. The molecule has 0 aromatic rings. The number of hydrogen-bond acceptors (Lipinski definition) is 9. The molecule has 11 heteroatoms. The molecule has 0 saturated heterocycles. The molecule has 0 fully saturated rings. The van der Waals surface area contributed by atoms with E-state index in [-0.39, 0.29) is 0 Å². The second-order valence-electron chi connectivity index (χ2n) is 3.10. The summed E-state index contributed by atoms with van der Waals surface area (Å²) in [6, 6.07) is -1.36. The molecule has 7 N–H and O–H groups in total. The van der Waals surface area contributed by atoms with E-state index in [1.54, 1.807) is 0 Å². The molecule has 0 spiro atoms. The highest BCUT2D eigenvalue weighted by Crippen LogP contribution is 2.06. The van der Waals surface area contributed by atoms with E-state index in [2.05, 4.69) is 4.18 Å². The molecular weight excluding hydrogens is 262 g/mol. The minimum absolute atomic E-state index is 0.752. The molecular formula is C6H13NO9S. The van der Waals surface area contributed by atoms with E-state index < -0.39 is 47.3 Å². The second kappa shape index (κ2) is 6.20. The predicted octanol–water partition coefficient (Wildman–Crippen LogP) is -4.27. The van der Waals surface area contributed by atoms with Crippen molar-refractivity contribution in [3.8, 4) is 0 Å². The van der Waals surface area contributed by atoms with Crippen LogP contribution in [0.3, 0.4) is 0 Å². The van der Waals surface area contributed by atoms with Crippen LogP contribution in [0.5, 0.6) is 0 Å². The molecule has 0 aromatic heterocycles. The molecule has 0 saturated carbocycles. The summed E-state index contributed by atoms with van der Waals surface area (Å²) in [5, 5.41) is 36.0. The summed E-state index contributed by atoms with van der Waals surface area (Å²) in [6.45, 7) is -0.752. The number of hydrogen-bond donors (Lipinski definition) is 6. The van der Waals surface area contributed by atoms with Crippen molar-refractivity contribution in [2.75, 3.05) is 6.61 Å². The van der Waals surface area contributed by atoms with Crippen LogP contribution in [0.25, 0.3) is 0 Å². The van der Waals surface area contributed by atoms with Gasteiger partial charge in [0.25, 0.3) is 0 Å². The van der Waals surface area contributed by atoms with Gasteiger partial charge in [-0.25, -0.2) is 4.79 Å². The normalized spacial score (nSPS) is 19.2. The highest BCUT2D eigenvalue weighted by Gasteiger charge is 2.36. The number of carbonyl (C=O) groups is 1.